The van der Waals surface area contributed by atoms with Crippen LogP contribution in [0.15, 0.2) is 24.3 Å². The van der Waals surface area contributed by atoms with E-state index in [4.69, 9.17) is 16.3 Å². The van der Waals surface area contributed by atoms with Gasteiger partial charge in [-0.1, -0.05) is 12.1 Å². The smallest absolute Gasteiger partial charge is 0.119 e. The van der Waals surface area contributed by atoms with Crippen molar-refractivity contribution >= 4 is 11.6 Å². The summed E-state index contributed by atoms with van der Waals surface area (Å²) in [4.78, 5) is 2.24. The Morgan fingerprint density at radius 1 is 1.19 bits per heavy atom. The number of nitrogens with zero attached hydrogens (tertiary/aromatic N) is 1. The number of benzene rings is 1. The lowest BCUT2D eigenvalue weighted by molar-refractivity contribution is 0.340. The average Bonchev–Trinajstić information content (AvgIpc) is 2.29. The number of halogens is 1. The summed E-state index contributed by atoms with van der Waals surface area (Å²) in [6.45, 7) is 4.70. The lowest BCUT2D eigenvalue weighted by Crippen LogP contribution is -2.23. The zero-order valence-corrected chi connectivity index (χ0v) is 10.8. The highest BCUT2D eigenvalue weighted by molar-refractivity contribution is 6.18. The quantitative estimate of drug-likeness (QED) is 0.681. The third kappa shape index (κ3) is 4.86. The number of hydrogen-bond donors (Lipinski definition) is 0. The minimum atomic E-state index is 0.694. The molecule has 0 atom stereocenters. The van der Waals surface area contributed by atoms with Gasteiger partial charge in [-0.3, -0.25) is 0 Å². The fourth-order valence-corrected chi connectivity index (χ4v) is 1.78. The summed E-state index contributed by atoms with van der Waals surface area (Å²) >= 11 is 5.68. The van der Waals surface area contributed by atoms with Crippen LogP contribution in [0.5, 0.6) is 5.75 Å². The van der Waals surface area contributed by atoms with Gasteiger partial charge in [-0.05, 0) is 38.1 Å². The highest BCUT2D eigenvalue weighted by Gasteiger charge is 1.99. The Balaban J connectivity index is 2.37. The topological polar surface area (TPSA) is 12.5 Å². The van der Waals surface area contributed by atoms with Gasteiger partial charge in [0.05, 0.1) is 6.61 Å². The van der Waals surface area contributed by atoms with Crippen LogP contribution in [-0.2, 0) is 6.42 Å². The van der Waals surface area contributed by atoms with Crippen LogP contribution >= 0.6 is 11.6 Å². The summed E-state index contributed by atoms with van der Waals surface area (Å²) in [5, 5.41) is 0. The standard InChI is InChI=1S/C13H20ClNO/c1-3-16-13-6-4-12(5-7-13)8-10-15(2)11-9-14/h4-7H,3,8-11H2,1-2H3. The fraction of sp³-hybridized carbons (Fsp3) is 0.538. The van der Waals surface area contributed by atoms with Gasteiger partial charge < -0.3 is 9.64 Å². The molecule has 0 N–H and O–H groups in total. The maximum absolute atomic E-state index is 5.68. The normalized spacial score (nSPS) is 10.8. The molecule has 2 nitrogen and oxygen atoms in total. The van der Waals surface area contributed by atoms with Crippen molar-refractivity contribution in [3.8, 4) is 5.75 Å². The molecule has 16 heavy (non-hydrogen) atoms. The molecule has 0 saturated carbocycles. The second kappa shape index (κ2) is 7.53. The molecule has 0 radical (unpaired) electrons. The predicted molar refractivity (Wildman–Crippen MR) is 69.5 cm³/mol. The van der Waals surface area contributed by atoms with Gasteiger partial charge in [-0.2, -0.15) is 0 Å². The molecule has 0 saturated heterocycles. The molecule has 0 aromatic heterocycles. The van der Waals surface area contributed by atoms with Gasteiger partial charge in [-0.15, -0.1) is 11.6 Å². The van der Waals surface area contributed by atoms with Crippen LogP contribution in [0.4, 0.5) is 0 Å². The molecule has 0 unspecified atom stereocenters. The zero-order chi connectivity index (χ0) is 11.8. The highest BCUT2D eigenvalue weighted by atomic mass is 35.5. The van der Waals surface area contributed by atoms with Crippen molar-refractivity contribution in [3.05, 3.63) is 29.8 Å². The van der Waals surface area contributed by atoms with E-state index in [0.717, 1.165) is 31.9 Å². The zero-order valence-electron chi connectivity index (χ0n) is 10.1. The third-order valence-corrected chi connectivity index (χ3v) is 2.65. The first-order valence-corrected chi connectivity index (χ1v) is 6.26. The molecular weight excluding hydrogens is 222 g/mol. The van der Waals surface area contributed by atoms with E-state index in [9.17, 15) is 0 Å². The van der Waals surface area contributed by atoms with Crippen LogP contribution in [-0.4, -0.2) is 37.5 Å². The van der Waals surface area contributed by atoms with Crippen LogP contribution in [0.3, 0.4) is 0 Å². The van der Waals surface area contributed by atoms with Crippen LogP contribution in [0.25, 0.3) is 0 Å². The number of hydrogen-bond acceptors (Lipinski definition) is 2. The van der Waals surface area contributed by atoms with Gasteiger partial charge in [0.15, 0.2) is 0 Å². The summed E-state index contributed by atoms with van der Waals surface area (Å²) in [6.07, 6.45) is 1.06. The molecule has 1 rings (SSSR count). The van der Waals surface area contributed by atoms with Crippen molar-refractivity contribution in [3.63, 3.8) is 0 Å². The third-order valence-electron chi connectivity index (χ3n) is 2.48. The minimum absolute atomic E-state index is 0.694. The molecule has 0 aliphatic rings. The van der Waals surface area contributed by atoms with E-state index >= 15 is 0 Å². The molecule has 1 aromatic carbocycles. The maximum Gasteiger partial charge on any atom is 0.119 e. The fourth-order valence-electron chi connectivity index (χ4n) is 1.50. The second-order valence-corrected chi connectivity index (χ2v) is 4.20. The number of rotatable bonds is 7. The summed E-state index contributed by atoms with van der Waals surface area (Å²) in [5.74, 6) is 1.64. The van der Waals surface area contributed by atoms with E-state index in [1.54, 1.807) is 0 Å². The SMILES string of the molecule is CCOc1ccc(CCN(C)CCCl)cc1. The largest absolute Gasteiger partial charge is 0.494 e. The molecule has 0 bridgehead atoms. The Bertz CT molecular complexity index is 286. The Kier molecular flexibility index (Phi) is 6.27. The van der Waals surface area contributed by atoms with Crippen LogP contribution < -0.4 is 4.74 Å². The van der Waals surface area contributed by atoms with Gasteiger partial charge in [0.25, 0.3) is 0 Å². The van der Waals surface area contributed by atoms with Gasteiger partial charge >= 0.3 is 0 Å². The first kappa shape index (κ1) is 13.3. The van der Waals surface area contributed by atoms with Gasteiger partial charge in [0.2, 0.25) is 0 Å². The average molecular weight is 242 g/mol. The van der Waals surface area contributed by atoms with E-state index in [0.29, 0.717) is 5.88 Å². The van der Waals surface area contributed by atoms with Crippen molar-refractivity contribution in [2.75, 3.05) is 32.6 Å². The summed E-state index contributed by atoms with van der Waals surface area (Å²) < 4.78 is 5.40. The van der Waals surface area contributed by atoms with Gasteiger partial charge in [0, 0.05) is 19.0 Å². The van der Waals surface area contributed by atoms with E-state index < -0.39 is 0 Å². The van der Waals surface area contributed by atoms with Gasteiger partial charge in [-0.25, -0.2) is 0 Å². The van der Waals surface area contributed by atoms with E-state index in [1.807, 2.05) is 19.1 Å². The van der Waals surface area contributed by atoms with Crippen molar-refractivity contribution in [1.29, 1.82) is 0 Å². The molecule has 1 aromatic rings. The van der Waals surface area contributed by atoms with E-state index in [2.05, 4.69) is 24.1 Å². The van der Waals surface area contributed by atoms with E-state index in [1.165, 1.54) is 5.56 Å². The van der Waals surface area contributed by atoms with Gasteiger partial charge in [0.1, 0.15) is 5.75 Å². The molecular formula is C13H20ClNO. The Hall–Kier alpha value is -0.730. The molecule has 90 valence electrons. The first-order valence-electron chi connectivity index (χ1n) is 5.72. The minimum Gasteiger partial charge on any atom is -0.494 e. The molecule has 0 aliphatic heterocycles. The Labute approximate surface area is 103 Å². The van der Waals surface area contributed by atoms with Crippen LogP contribution in [0.2, 0.25) is 0 Å². The first-order chi connectivity index (χ1) is 7.76. The lowest BCUT2D eigenvalue weighted by Gasteiger charge is -2.14. The van der Waals surface area contributed by atoms with Crippen molar-refractivity contribution in [2.45, 2.75) is 13.3 Å². The predicted octanol–water partition coefficient (Wildman–Crippen LogP) is 2.80. The molecule has 0 amide bonds. The number of alkyl halides is 1. The van der Waals surface area contributed by atoms with Crippen molar-refractivity contribution in [1.82, 2.24) is 4.90 Å². The van der Waals surface area contributed by atoms with Crippen molar-refractivity contribution in [2.24, 2.45) is 0 Å². The maximum atomic E-state index is 5.68. The lowest BCUT2D eigenvalue weighted by atomic mass is 10.1. The highest BCUT2D eigenvalue weighted by Crippen LogP contribution is 2.12. The monoisotopic (exact) mass is 241 g/mol. The molecule has 0 spiro atoms. The molecule has 3 heteroatoms. The summed E-state index contributed by atoms with van der Waals surface area (Å²) in [7, 11) is 2.09. The van der Waals surface area contributed by atoms with Crippen LogP contribution in [0.1, 0.15) is 12.5 Å². The summed E-state index contributed by atoms with van der Waals surface area (Å²) in [5.41, 5.74) is 1.34. The van der Waals surface area contributed by atoms with Crippen molar-refractivity contribution < 1.29 is 4.74 Å². The molecule has 0 aliphatic carbocycles. The summed E-state index contributed by atoms with van der Waals surface area (Å²) in [6, 6.07) is 8.31. The number of likely N-dealkylation sites (N-methyl/N-ethyl adjacent to an activating group) is 1. The Morgan fingerprint density at radius 2 is 1.88 bits per heavy atom. The molecule has 0 heterocycles. The second-order valence-electron chi connectivity index (χ2n) is 3.82. The Morgan fingerprint density at radius 3 is 2.44 bits per heavy atom. The number of ether oxygens (including phenoxy) is 1. The molecule has 0 fully saturated rings. The van der Waals surface area contributed by atoms with Crippen LogP contribution in [0, 0.1) is 0 Å². The van der Waals surface area contributed by atoms with E-state index in [-0.39, 0.29) is 0 Å².